The first-order valence-corrected chi connectivity index (χ1v) is 9.50. The second-order valence-electron chi connectivity index (χ2n) is 5.89. The van der Waals surface area contributed by atoms with Crippen LogP contribution >= 0.6 is 11.3 Å². The summed E-state index contributed by atoms with van der Waals surface area (Å²) in [6.07, 6.45) is 1.59. The van der Waals surface area contributed by atoms with Gasteiger partial charge in [-0.1, -0.05) is 12.1 Å². The van der Waals surface area contributed by atoms with Gasteiger partial charge in [0.25, 0.3) is 5.91 Å². The summed E-state index contributed by atoms with van der Waals surface area (Å²) in [6.45, 7) is 3.63. The fourth-order valence-electron chi connectivity index (χ4n) is 2.51. The molecule has 2 aromatic carbocycles. The number of carbonyl (C=O) groups is 1. The van der Waals surface area contributed by atoms with E-state index < -0.39 is 11.6 Å². The minimum atomic E-state index is -0.675. The molecule has 0 fully saturated rings. The molecule has 0 saturated heterocycles. The molecule has 5 nitrogen and oxygen atoms in total. The quantitative estimate of drug-likeness (QED) is 0.546. The lowest BCUT2D eigenvalue weighted by Gasteiger charge is -2.12. The highest BCUT2D eigenvalue weighted by atomic mass is 32.1. The molecule has 0 aliphatic carbocycles. The molecule has 1 heterocycles. The van der Waals surface area contributed by atoms with Gasteiger partial charge in [0.2, 0.25) is 0 Å². The Morgan fingerprint density at radius 3 is 2.69 bits per heavy atom. The second-order valence-corrected chi connectivity index (χ2v) is 6.75. The summed E-state index contributed by atoms with van der Waals surface area (Å²) in [5.41, 5.74) is 0.869. The lowest BCUT2D eigenvalue weighted by molar-refractivity contribution is 0.0954. The predicted molar refractivity (Wildman–Crippen MR) is 107 cm³/mol. The van der Waals surface area contributed by atoms with E-state index in [0.29, 0.717) is 28.7 Å². The first kappa shape index (κ1) is 20.5. The standard InChI is InChI=1S/C21H18F2N2O3S/c1-3-9-24-20(26)17-12-29-21(25-17)13-7-8-18(19(10-13)27-2)28-11-14-15(22)5-4-6-16(14)23/h3-8,10,12H,1,9,11H2,2H3,(H,24,26). The molecule has 0 radical (unpaired) electrons. The monoisotopic (exact) mass is 416 g/mol. The molecule has 0 aliphatic heterocycles. The zero-order chi connectivity index (χ0) is 20.8. The van der Waals surface area contributed by atoms with Crippen LogP contribution in [0.4, 0.5) is 8.78 Å². The van der Waals surface area contributed by atoms with Gasteiger partial charge in [0.1, 0.15) is 28.9 Å². The third kappa shape index (κ3) is 4.78. The van der Waals surface area contributed by atoms with E-state index in [4.69, 9.17) is 9.47 Å². The van der Waals surface area contributed by atoms with Gasteiger partial charge in [-0.2, -0.15) is 0 Å². The van der Waals surface area contributed by atoms with Crippen LogP contribution in [0.5, 0.6) is 11.5 Å². The van der Waals surface area contributed by atoms with Crippen molar-refractivity contribution in [3.8, 4) is 22.1 Å². The number of benzene rings is 2. The number of aromatic nitrogens is 1. The number of methoxy groups -OCH3 is 1. The van der Waals surface area contributed by atoms with Gasteiger partial charge in [0.05, 0.1) is 12.7 Å². The maximum atomic E-state index is 13.8. The Labute approximate surface area is 170 Å². The van der Waals surface area contributed by atoms with Gasteiger partial charge in [-0.15, -0.1) is 17.9 Å². The largest absolute Gasteiger partial charge is 0.493 e. The van der Waals surface area contributed by atoms with Gasteiger partial charge in [-0.3, -0.25) is 4.79 Å². The van der Waals surface area contributed by atoms with Gasteiger partial charge in [0.15, 0.2) is 11.5 Å². The van der Waals surface area contributed by atoms with Gasteiger partial charge in [-0.05, 0) is 30.3 Å². The number of hydrogen-bond acceptors (Lipinski definition) is 5. The van der Waals surface area contributed by atoms with Crippen LogP contribution in [0.3, 0.4) is 0 Å². The molecule has 0 saturated carbocycles. The minimum Gasteiger partial charge on any atom is -0.493 e. The summed E-state index contributed by atoms with van der Waals surface area (Å²) < 4.78 is 38.4. The first-order valence-electron chi connectivity index (χ1n) is 8.62. The number of ether oxygens (including phenoxy) is 2. The van der Waals surface area contributed by atoms with Crippen molar-refractivity contribution in [2.75, 3.05) is 13.7 Å². The van der Waals surface area contributed by atoms with Crippen LogP contribution in [0.25, 0.3) is 10.6 Å². The predicted octanol–water partition coefficient (Wildman–Crippen LogP) is 4.59. The Hall–Kier alpha value is -3.26. The lowest BCUT2D eigenvalue weighted by Crippen LogP contribution is -2.23. The van der Waals surface area contributed by atoms with E-state index in [1.807, 2.05) is 0 Å². The number of hydrogen-bond donors (Lipinski definition) is 1. The lowest BCUT2D eigenvalue weighted by atomic mass is 10.2. The molecule has 150 valence electrons. The molecule has 29 heavy (non-hydrogen) atoms. The molecular formula is C21H18F2N2O3S. The highest BCUT2D eigenvalue weighted by Crippen LogP contribution is 2.34. The summed E-state index contributed by atoms with van der Waals surface area (Å²) >= 11 is 1.31. The number of halogens is 2. The Morgan fingerprint density at radius 1 is 1.24 bits per heavy atom. The molecular weight excluding hydrogens is 398 g/mol. The Kier molecular flexibility index (Phi) is 6.56. The van der Waals surface area contributed by atoms with Gasteiger partial charge in [0, 0.05) is 17.5 Å². The van der Waals surface area contributed by atoms with Crippen molar-refractivity contribution in [2.45, 2.75) is 6.61 Å². The van der Waals surface area contributed by atoms with Crippen molar-refractivity contribution in [2.24, 2.45) is 0 Å². The highest BCUT2D eigenvalue weighted by molar-refractivity contribution is 7.13. The van der Waals surface area contributed by atoms with Gasteiger partial charge >= 0.3 is 0 Å². The number of amides is 1. The van der Waals surface area contributed by atoms with Crippen LogP contribution in [0.15, 0.2) is 54.4 Å². The van der Waals surface area contributed by atoms with Crippen molar-refractivity contribution >= 4 is 17.2 Å². The van der Waals surface area contributed by atoms with Crippen LogP contribution in [0.2, 0.25) is 0 Å². The maximum Gasteiger partial charge on any atom is 0.271 e. The molecule has 0 unspecified atom stereocenters. The number of thiazole rings is 1. The third-order valence-electron chi connectivity index (χ3n) is 3.99. The fourth-order valence-corrected chi connectivity index (χ4v) is 3.30. The van der Waals surface area contributed by atoms with Crippen molar-refractivity contribution in [3.63, 3.8) is 0 Å². The smallest absolute Gasteiger partial charge is 0.271 e. The molecule has 1 amide bonds. The highest BCUT2D eigenvalue weighted by Gasteiger charge is 2.15. The fraction of sp³-hybridized carbons (Fsp3) is 0.143. The summed E-state index contributed by atoms with van der Waals surface area (Å²) in [5, 5.41) is 4.95. The zero-order valence-corrected chi connectivity index (χ0v) is 16.4. The van der Waals surface area contributed by atoms with Crippen LogP contribution < -0.4 is 14.8 Å². The number of nitrogens with zero attached hydrogens (tertiary/aromatic N) is 1. The van der Waals surface area contributed by atoms with E-state index in [1.54, 1.807) is 29.7 Å². The van der Waals surface area contributed by atoms with Gasteiger partial charge in [-0.25, -0.2) is 13.8 Å². The Balaban J connectivity index is 1.78. The third-order valence-corrected chi connectivity index (χ3v) is 4.88. The Morgan fingerprint density at radius 2 is 2.00 bits per heavy atom. The topological polar surface area (TPSA) is 60.5 Å². The minimum absolute atomic E-state index is 0.159. The molecule has 0 atom stereocenters. The number of rotatable bonds is 8. The molecule has 1 N–H and O–H groups in total. The average Bonchev–Trinajstić information content (AvgIpc) is 3.22. The first-order chi connectivity index (χ1) is 14.0. The van der Waals surface area contributed by atoms with E-state index in [0.717, 1.165) is 5.56 Å². The molecule has 3 rings (SSSR count). The van der Waals surface area contributed by atoms with Gasteiger partial charge < -0.3 is 14.8 Å². The van der Waals surface area contributed by atoms with Crippen molar-refractivity contribution in [1.29, 1.82) is 0 Å². The van der Waals surface area contributed by atoms with E-state index >= 15 is 0 Å². The maximum absolute atomic E-state index is 13.8. The van der Waals surface area contributed by atoms with Crippen LogP contribution in [-0.2, 0) is 6.61 Å². The second kappa shape index (κ2) is 9.29. The molecule has 1 aromatic heterocycles. The molecule has 3 aromatic rings. The number of carbonyl (C=O) groups excluding carboxylic acids is 1. The number of nitrogens with one attached hydrogen (secondary N) is 1. The van der Waals surface area contributed by atoms with Crippen LogP contribution in [0.1, 0.15) is 16.1 Å². The van der Waals surface area contributed by atoms with Crippen LogP contribution in [0, 0.1) is 11.6 Å². The SMILES string of the molecule is C=CCNC(=O)c1csc(-c2ccc(OCc3c(F)cccc3F)c(OC)c2)n1. The molecule has 0 bridgehead atoms. The normalized spacial score (nSPS) is 10.4. The van der Waals surface area contributed by atoms with E-state index in [9.17, 15) is 13.6 Å². The van der Waals surface area contributed by atoms with E-state index in [2.05, 4.69) is 16.9 Å². The molecule has 8 heteroatoms. The summed E-state index contributed by atoms with van der Waals surface area (Å²) in [4.78, 5) is 16.3. The molecule has 0 spiro atoms. The van der Waals surface area contributed by atoms with E-state index in [-0.39, 0.29) is 18.1 Å². The Bertz CT molecular complexity index is 1020. The van der Waals surface area contributed by atoms with Crippen molar-refractivity contribution in [3.05, 3.63) is 77.3 Å². The van der Waals surface area contributed by atoms with E-state index in [1.165, 1.54) is 36.6 Å². The summed E-state index contributed by atoms with van der Waals surface area (Å²) in [5.74, 6) is -0.922. The zero-order valence-electron chi connectivity index (χ0n) is 15.6. The summed E-state index contributed by atoms with van der Waals surface area (Å²) in [6, 6.07) is 8.70. The van der Waals surface area contributed by atoms with Crippen molar-refractivity contribution < 1.29 is 23.0 Å². The summed E-state index contributed by atoms with van der Waals surface area (Å²) in [7, 11) is 1.46. The van der Waals surface area contributed by atoms with Crippen molar-refractivity contribution in [1.82, 2.24) is 10.3 Å². The van der Waals surface area contributed by atoms with Crippen LogP contribution in [-0.4, -0.2) is 24.5 Å². The molecule has 0 aliphatic rings. The average molecular weight is 416 g/mol.